The van der Waals surface area contributed by atoms with E-state index in [2.05, 4.69) is 93.7 Å². The lowest BCUT2D eigenvalue weighted by atomic mass is 10.0. The third-order valence-corrected chi connectivity index (χ3v) is 10.2. The third kappa shape index (κ3) is 46.0. The van der Waals surface area contributed by atoms with Crippen LogP contribution in [-0.4, -0.2) is 37.9 Å². The van der Waals surface area contributed by atoms with E-state index in [0.717, 1.165) is 83.5 Å². The Morgan fingerprint density at radius 1 is 0.397 bits per heavy atom. The van der Waals surface area contributed by atoms with Crippen LogP contribution >= 0.6 is 0 Å². The molecule has 5 heteroatoms. The number of rotatable bonds is 44. The topological polar surface area (TPSA) is 61.8 Å². The quantitative estimate of drug-likeness (QED) is 0.0348. The van der Waals surface area contributed by atoms with Gasteiger partial charge in [-0.2, -0.15) is 0 Å². The fourth-order valence-corrected chi connectivity index (χ4v) is 6.58. The molecule has 334 valence electrons. The fraction of sp³-hybridized carbons (Fsp3) is 0.736. The highest BCUT2D eigenvalue weighted by Crippen LogP contribution is 2.14. The SMILES string of the molecule is CC/C=C\C/C=C\C/C=C\C/C=C\C/C=C\CCCC(=O)OCC(COCCCCCCCCCCCCCCCC)OC(=O)CCCCCCC/C=C\CCCC. The Labute approximate surface area is 359 Å². The summed E-state index contributed by atoms with van der Waals surface area (Å²) in [5.74, 6) is -0.473. The molecule has 0 aliphatic carbocycles. The number of unbranched alkanes of at least 4 members (excludes halogenated alkanes) is 21. The number of allylic oxidation sites excluding steroid dienone is 12. The van der Waals surface area contributed by atoms with E-state index in [1.54, 1.807) is 0 Å². The predicted octanol–water partition coefficient (Wildman–Crippen LogP) is 16.3. The highest BCUT2D eigenvalue weighted by Gasteiger charge is 2.17. The molecule has 0 heterocycles. The van der Waals surface area contributed by atoms with Gasteiger partial charge in [0.15, 0.2) is 6.10 Å². The Bertz CT molecular complexity index is 1050. The van der Waals surface area contributed by atoms with Crippen molar-refractivity contribution in [1.82, 2.24) is 0 Å². The first-order chi connectivity index (χ1) is 28.6. The summed E-state index contributed by atoms with van der Waals surface area (Å²) in [5, 5.41) is 0. The van der Waals surface area contributed by atoms with E-state index < -0.39 is 6.10 Å². The second kappa shape index (κ2) is 48.7. The highest BCUT2D eigenvalue weighted by atomic mass is 16.6. The molecular weight excluding hydrogens is 717 g/mol. The zero-order valence-electron chi connectivity index (χ0n) is 38.3. The van der Waals surface area contributed by atoms with Crippen molar-refractivity contribution in [2.75, 3.05) is 19.8 Å². The van der Waals surface area contributed by atoms with Crippen LogP contribution < -0.4 is 0 Å². The summed E-state index contributed by atoms with van der Waals surface area (Å²) < 4.78 is 17.3. The molecule has 0 N–H and O–H groups in total. The molecule has 1 unspecified atom stereocenters. The normalized spacial score (nSPS) is 12.8. The van der Waals surface area contributed by atoms with Gasteiger partial charge in [-0.05, 0) is 77.0 Å². The Kier molecular flexibility index (Phi) is 46.5. The maximum absolute atomic E-state index is 12.7. The molecule has 0 rings (SSSR count). The van der Waals surface area contributed by atoms with E-state index in [4.69, 9.17) is 14.2 Å². The van der Waals surface area contributed by atoms with E-state index in [0.29, 0.717) is 19.4 Å². The fourth-order valence-electron chi connectivity index (χ4n) is 6.58. The van der Waals surface area contributed by atoms with Gasteiger partial charge in [-0.25, -0.2) is 0 Å². The van der Waals surface area contributed by atoms with E-state index in [1.807, 2.05) is 0 Å². The zero-order valence-corrected chi connectivity index (χ0v) is 38.3. The lowest BCUT2D eigenvalue weighted by molar-refractivity contribution is -0.163. The number of esters is 2. The molecule has 0 aliphatic rings. The van der Waals surface area contributed by atoms with Crippen molar-refractivity contribution in [3.63, 3.8) is 0 Å². The van der Waals surface area contributed by atoms with E-state index in [1.165, 1.54) is 109 Å². The molecule has 0 fully saturated rings. The van der Waals surface area contributed by atoms with Crippen LogP contribution in [0.5, 0.6) is 0 Å². The molecule has 0 aromatic carbocycles. The number of carbonyl (C=O) groups excluding carboxylic acids is 2. The second-order valence-electron chi connectivity index (χ2n) is 16.0. The standard InChI is InChI=1S/C53H92O5/c1-4-7-10-13-16-19-22-24-26-27-28-29-32-34-37-40-43-46-52(54)57-50-51(58-53(55)47-44-41-38-35-31-21-18-15-12-9-6-3)49-56-48-45-42-39-36-33-30-25-23-20-17-14-11-8-5-2/h7,10,15-16,18-19,24,26,28-29,34,37,51H,4-6,8-9,11-14,17,20-23,25,27,30-33,35-36,38-50H2,1-3H3/b10-7-,18-15-,19-16-,26-24-,29-28-,37-34-. The average Bonchev–Trinajstić information content (AvgIpc) is 3.22. The van der Waals surface area contributed by atoms with Crippen LogP contribution in [0.2, 0.25) is 0 Å². The Balaban J connectivity index is 4.34. The van der Waals surface area contributed by atoms with Gasteiger partial charge in [-0.1, -0.05) is 209 Å². The van der Waals surface area contributed by atoms with Crippen LogP contribution in [0.25, 0.3) is 0 Å². The van der Waals surface area contributed by atoms with Gasteiger partial charge < -0.3 is 14.2 Å². The largest absolute Gasteiger partial charge is 0.462 e. The van der Waals surface area contributed by atoms with Crippen LogP contribution in [0, 0.1) is 0 Å². The van der Waals surface area contributed by atoms with Crippen molar-refractivity contribution < 1.29 is 23.8 Å². The van der Waals surface area contributed by atoms with Gasteiger partial charge in [0, 0.05) is 19.4 Å². The molecule has 58 heavy (non-hydrogen) atoms. The average molecular weight is 809 g/mol. The summed E-state index contributed by atoms with van der Waals surface area (Å²) in [6.45, 7) is 7.62. The summed E-state index contributed by atoms with van der Waals surface area (Å²) in [7, 11) is 0. The minimum atomic E-state index is -0.562. The molecule has 0 aliphatic heterocycles. The van der Waals surface area contributed by atoms with Gasteiger partial charge in [0.2, 0.25) is 0 Å². The van der Waals surface area contributed by atoms with Crippen LogP contribution in [0.15, 0.2) is 72.9 Å². The molecular formula is C53H92O5. The Morgan fingerprint density at radius 3 is 1.36 bits per heavy atom. The van der Waals surface area contributed by atoms with Crippen LogP contribution in [-0.2, 0) is 23.8 Å². The lowest BCUT2D eigenvalue weighted by Gasteiger charge is -2.18. The van der Waals surface area contributed by atoms with E-state index in [-0.39, 0.29) is 25.2 Å². The van der Waals surface area contributed by atoms with Gasteiger partial charge in [0.25, 0.3) is 0 Å². The maximum Gasteiger partial charge on any atom is 0.306 e. The molecule has 0 amide bonds. The minimum Gasteiger partial charge on any atom is -0.462 e. The Morgan fingerprint density at radius 2 is 0.810 bits per heavy atom. The summed E-state index contributed by atoms with van der Waals surface area (Å²) in [6.07, 6.45) is 61.9. The van der Waals surface area contributed by atoms with Gasteiger partial charge in [-0.15, -0.1) is 0 Å². The zero-order chi connectivity index (χ0) is 42.1. The van der Waals surface area contributed by atoms with Crippen molar-refractivity contribution in [2.45, 2.75) is 232 Å². The monoisotopic (exact) mass is 809 g/mol. The van der Waals surface area contributed by atoms with Crippen molar-refractivity contribution in [1.29, 1.82) is 0 Å². The van der Waals surface area contributed by atoms with Crippen LogP contribution in [0.4, 0.5) is 0 Å². The summed E-state index contributed by atoms with van der Waals surface area (Å²) in [4.78, 5) is 25.3. The molecule has 0 saturated heterocycles. The molecule has 0 saturated carbocycles. The third-order valence-electron chi connectivity index (χ3n) is 10.2. The summed E-state index contributed by atoms with van der Waals surface area (Å²) >= 11 is 0. The molecule has 5 nitrogen and oxygen atoms in total. The van der Waals surface area contributed by atoms with Crippen molar-refractivity contribution in [3.8, 4) is 0 Å². The van der Waals surface area contributed by atoms with Crippen LogP contribution in [0.1, 0.15) is 226 Å². The second-order valence-corrected chi connectivity index (χ2v) is 16.0. The highest BCUT2D eigenvalue weighted by molar-refractivity contribution is 5.70. The molecule has 0 radical (unpaired) electrons. The van der Waals surface area contributed by atoms with Crippen LogP contribution in [0.3, 0.4) is 0 Å². The van der Waals surface area contributed by atoms with Crippen molar-refractivity contribution in [3.05, 3.63) is 72.9 Å². The first kappa shape index (κ1) is 55.3. The van der Waals surface area contributed by atoms with E-state index in [9.17, 15) is 9.59 Å². The molecule has 0 bridgehead atoms. The van der Waals surface area contributed by atoms with Crippen molar-refractivity contribution in [2.24, 2.45) is 0 Å². The first-order valence-electron chi connectivity index (χ1n) is 24.5. The number of ether oxygens (including phenoxy) is 3. The predicted molar refractivity (Wildman–Crippen MR) is 251 cm³/mol. The van der Waals surface area contributed by atoms with Gasteiger partial charge >= 0.3 is 11.9 Å². The van der Waals surface area contributed by atoms with E-state index >= 15 is 0 Å². The number of hydrogen-bond acceptors (Lipinski definition) is 5. The molecule has 1 atom stereocenters. The molecule has 0 spiro atoms. The van der Waals surface area contributed by atoms with Gasteiger partial charge in [0.05, 0.1) is 6.61 Å². The molecule has 0 aromatic heterocycles. The number of hydrogen-bond donors (Lipinski definition) is 0. The summed E-state index contributed by atoms with van der Waals surface area (Å²) in [5.41, 5.74) is 0. The lowest BCUT2D eigenvalue weighted by Crippen LogP contribution is -2.30. The first-order valence-corrected chi connectivity index (χ1v) is 24.5. The number of carbonyl (C=O) groups is 2. The summed E-state index contributed by atoms with van der Waals surface area (Å²) in [6, 6.07) is 0. The van der Waals surface area contributed by atoms with Gasteiger partial charge in [-0.3, -0.25) is 9.59 Å². The maximum atomic E-state index is 12.7. The molecule has 0 aromatic rings. The Hall–Kier alpha value is -2.66. The van der Waals surface area contributed by atoms with Gasteiger partial charge in [0.1, 0.15) is 6.61 Å². The van der Waals surface area contributed by atoms with Crippen molar-refractivity contribution >= 4 is 11.9 Å². The minimum absolute atomic E-state index is 0.0523. The smallest absolute Gasteiger partial charge is 0.306 e.